The molecule has 0 radical (unpaired) electrons. The first-order valence-electron chi connectivity index (χ1n) is 5.34. The summed E-state index contributed by atoms with van der Waals surface area (Å²) in [5, 5.41) is 3.01. The molecule has 2 N–H and O–H groups in total. The van der Waals surface area contributed by atoms with Crippen molar-refractivity contribution in [1.82, 2.24) is 9.97 Å². The van der Waals surface area contributed by atoms with Crippen LogP contribution in [0, 0.1) is 13.8 Å². The van der Waals surface area contributed by atoms with Crippen LogP contribution in [0.1, 0.15) is 10.4 Å². The Labute approximate surface area is 121 Å². The van der Waals surface area contributed by atoms with Crippen LogP contribution < -0.4 is 5.73 Å². The molecular formula is C12H10BrN3S2. The molecule has 3 aromatic heterocycles. The molecule has 92 valence electrons. The summed E-state index contributed by atoms with van der Waals surface area (Å²) in [5.41, 5.74) is 7.25. The molecule has 3 aromatic rings. The van der Waals surface area contributed by atoms with Crippen molar-refractivity contribution < 1.29 is 0 Å². The first kappa shape index (κ1) is 12.1. The second-order valence-electron chi connectivity index (χ2n) is 4.03. The van der Waals surface area contributed by atoms with Gasteiger partial charge in [-0.05, 0) is 41.4 Å². The van der Waals surface area contributed by atoms with E-state index in [4.69, 9.17) is 5.73 Å². The van der Waals surface area contributed by atoms with Crippen LogP contribution in [-0.4, -0.2) is 9.97 Å². The van der Waals surface area contributed by atoms with Crippen LogP contribution in [0.15, 0.2) is 15.9 Å². The zero-order valence-corrected chi connectivity index (χ0v) is 13.0. The predicted molar refractivity (Wildman–Crippen MR) is 82.3 cm³/mol. The Bertz CT molecular complexity index is 745. The fraction of sp³-hybridized carbons (Fsp3) is 0.167. The van der Waals surface area contributed by atoms with Crippen molar-refractivity contribution >= 4 is 54.6 Å². The Morgan fingerprint density at radius 3 is 2.72 bits per heavy atom. The fourth-order valence-electron chi connectivity index (χ4n) is 1.82. The third-order valence-corrected chi connectivity index (χ3v) is 5.63. The first-order chi connectivity index (χ1) is 8.56. The van der Waals surface area contributed by atoms with Gasteiger partial charge in [0.2, 0.25) is 0 Å². The van der Waals surface area contributed by atoms with Gasteiger partial charge in [-0.25, -0.2) is 9.97 Å². The molecule has 18 heavy (non-hydrogen) atoms. The van der Waals surface area contributed by atoms with Gasteiger partial charge >= 0.3 is 0 Å². The molecule has 0 aliphatic carbocycles. The van der Waals surface area contributed by atoms with Crippen LogP contribution in [0.3, 0.4) is 0 Å². The number of hydrogen-bond donors (Lipinski definition) is 1. The monoisotopic (exact) mass is 339 g/mol. The molecule has 0 spiro atoms. The van der Waals surface area contributed by atoms with E-state index in [-0.39, 0.29) is 0 Å². The van der Waals surface area contributed by atoms with Crippen LogP contribution in [-0.2, 0) is 0 Å². The predicted octanol–water partition coefficient (Wildman–Crippen LogP) is 4.38. The number of aromatic nitrogens is 2. The molecule has 0 aliphatic heterocycles. The molecule has 3 rings (SSSR count). The highest BCUT2D eigenvalue weighted by atomic mass is 79.9. The minimum absolute atomic E-state index is 0.571. The number of thiophene rings is 2. The third kappa shape index (κ3) is 1.84. The third-order valence-electron chi connectivity index (χ3n) is 2.84. The Morgan fingerprint density at radius 2 is 2.06 bits per heavy atom. The van der Waals surface area contributed by atoms with Gasteiger partial charge in [0.25, 0.3) is 0 Å². The summed E-state index contributed by atoms with van der Waals surface area (Å²) in [6.07, 6.45) is 0. The van der Waals surface area contributed by atoms with Crippen molar-refractivity contribution in [3.63, 3.8) is 0 Å². The van der Waals surface area contributed by atoms with E-state index in [2.05, 4.69) is 39.7 Å². The average molecular weight is 340 g/mol. The number of aryl methyl sites for hydroxylation is 2. The lowest BCUT2D eigenvalue weighted by molar-refractivity contribution is 1.25. The zero-order chi connectivity index (χ0) is 12.9. The number of hydrogen-bond acceptors (Lipinski definition) is 5. The maximum absolute atomic E-state index is 6.06. The SMILES string of the molecule is Cc1sc2nc(-c3cc(Br)cs3)nc(N)c2c1C. The van der Waals surface area contributed by atoms with E-state index >= 15 is 0 Å². The van der Waals surface area contributed by atoms with E-state index in [0.29, 0.717) is 11.6 Å². The molecule has 0 unspecified atom stereocenters. The summed E-state index contributed by atoms with van der Waals surface area (Å²) in [5.74, 6) is 1.28. The smallest absolute Gasteiger partial charge is 0.173 e. The number of nitrogen functional groups attached to an aromatic ring is 1. The molecule has 0 atom stereocenters. The second-order valence-corrected chi connectivity index (χ2v) is 7.06. The summed E-state index contributed by atoms with van der Waals surface area (Å²) in [6.45, 7) is 4.15. The lowest BCUT2D eigenvalue weighted by Gasteiger charge is -2.00. The molecule has 3 heterocycles. The van der Waals surface area contributed by atoms with E-state index in [1.165, 1.54) is 10.4 Å². The van der Waals surface area contributed by atoms with Crippen LogP contribution in [0.25, 0.3) is 20.9 Å². The van der Waals surface area contributed by atoms with E-state index < -0.39 is 0 Å². The largest absolute Gasteiger partial charge is 0.383 e. The van der Waals surface area contributed by atoms with Crippen molar-refractivity contribution in [2.24, 2.45) is 0 Å². The highest BCUT2D eigenvalue weighted by molar-refractivity contribution is 9.10. The van der Waals surface area contributed by atoms with Crippen molar-refractivity contribution in [2.45, 2.75) is 13.8 Å². The number of fused-ring (bicyclic) bond motifs is 1. The van der Waals surface area contributed by atoms with E-state index in [9.17, 15) is 0 Å². The second kappa shape index (κ2) is 4.29. The maximum Gasteiger partial charge on any atom is 0.173 e. The minimum Gasteiger partial charge on any atom is -0.383 e. The van der Waals surface area contributed by atoms with E-state index in [1.54, 1.807) is 22.7 Å². The molecule has 3 nitrogen and oxygen atoms in total. The summed E-state index contributed by atoms with van der Waals surface area (Å²) in [7, 11) is 0. The zero-order valence-electron chi connectivity index (χ0n) is 9.82. The standard InChI is InChI=1S/C12H10BrN3S2/c1-5-6(2)18-12-9(5)10(14)15-11(16-12)8-3-7(13)4-17-8/h3-4H,1-2H3,(H2,14,15,16). The molecule has 0 aromatic carbocycles. The molecule has 0 aliphatic rings. The number of nitrogens with zero attached hydrogens (tertiary/aromatic N) is 2. The van der Waals surface area contributed by atoms with Crippen molar-refractivity contribution in [3.8, 4) is 10.7 Å². The molecule has 0 fully saturated rings. The summed E-state index contributed by atoms with van der Waals surface area (Å²) < 4.78 is 1.04. The van der Waals surface area contributed by atoms with Crippen LogP contribution in [0.5, 0.6) is 0 Å². The highest BCUT2D eigenvalue weighted by Crippen LogP contribution is 2.35. The quantitative estimate of drug-likeness (QED) is 0.715. The van der Waals surface area contributed by atoms with Gasteiger partial charge in [-0.3, -0.25) is 0 Å². The molecule has 0 saturated heterocycles. The average Bonchev–Trinajstić information content (AvgIpc) is 2.85. The van der Waals surface area contributed by atoms with Gasteiger partial charge in [0.15, 0.2) is 5.82 Å². The van der Waals surface area contributed by atoms with Crippen molar-refractivity contribution in [3.05, 3.63) is 26.4 Å². The van der Waals surface area contributed by atoms with Crippen molar-refractivity contribution in [1.29, 1.82) is 0 Å². The number of anilines is 1. The van der Waals surface area contributed by atoms with Gasteiger partial charge in [0.1, 0.15) is 10.6 Å². The van der Waals surface area contributed by atoms with Crippen molar-refractivity contribution in [2.75, 3.05) is 5.73 Å². The lowest BCUT2D eigenvalue weighted by Crippen LogP contribution is -1.95. The molecule has 0 saturated carbocycles. The van der Waals surface area contributed by atoms with E-state index in [1.807, 2.05) is 11.4 Å². The lowest BCUT2D eigenvalue weighted by atomic mass is 10.2. The van der Waals surface area contributed by atoms with Crippen LogP contribution >= 0.6 is 38.6 Å². The Morgan fingerprint density at radius 1 is 1.28 bits per heavy atom. The Kier molecular flexibility index (Phi) is 2.88. The number of nitrogens with two attached hydrogens (primary N) is 1. The topological polar surface area (TPSA) is 51.8 Å². The Hall–Kier alpha value is -0.980. The molecular weight excluding hydrogens is 330 g/mol. The first-order valence-corrected chi connectivity index (χ1v) is 7.83. The van der Waals surface area contributed by atoms with Gasteiger partial charge in [-0.15, -0.1) is 22.7 Å². The number of halogens is 1. The highest BCUT2D eigenvalue weighted by Gasteiger charge is 2.14. The van der Waals surface area contributed by atoms with Gasteiger partial charge in [0, 0.05) is 14.7 Å². The molecule has 0 bridgehead atoms. The van der Waals surface area contributed by atoms with Crippen LogP contribution in [0.2, 0.25) is 0 Å². The van der Waals surface area contributed by atoms with Gasteiger partial charge < -0.3 is 5.73 Å². The van der Waals surface area contributed by atoms with Gasteiger partial charge in [-0.1, -0.05) is 0 Å². The van der Waals surface area contributed by atoms with Gasteiger partial charge in [-0.2, -0.15) is 0 Å². The molecule has 6 heteroatoms. The normalized spacial score (nSPS) is 11.3. The summed E-state index contributed by atoms with van der Waals surface area (Å²) >= 11 is 6.72. The fourth-order valence-corrected chi connectivity index (χ4v) is 4.22. The summed E-state index contributed by atoms with van der Waals surface area (Å²) in [6, 6.07) is 2.01. The maximum atomic E-state index is 6.06. The number of rotatable bonds is 1. The van der Waals surface area contributed by atoms with Crippen LogP contribution in [0.4, 0.5) is 5.82 Å². The Balaban J connectivity index is 2.27. The van der Waals surface area contributed by atoms with Gasteiger partial charge in [0.05, 0.1) is 10.3 Å². The van der Waals surface area contributed by atoms with E-state index in [0.717, 1.165) is 19.6 Å². The minimum atomic E-state index is 0.571. The summed E-state index contributed by atoms with van der Waals surface area (Å²) in [4.78, 5) is 12.3. The molecule has 0 amide bonds.